The highest BCUT2D eigenvalue weighted by molar-refractivity contribution is 4.92. The highest BCUT2D eigenvalue weighted by Gasteiger charge is 2.14. The van der Waals surface area contributed by atoms with Crippen LogP contribution in [-0.4, -0.2) is 45.6 Å². The van der Waals surface area contributed by atoms with Crippen LogP contribution in [0, 0.1) is 17.0 Å². The van der Waals surface area contributed by atoms with E-state index in [1.54, 1.807) is 6.92 Å². The second-order valence-electron chi connectivity index (χ2n) is 2.40. The number of aromatic nitrogens is 8. The Kier molecular flexibility index (Phi) is 2.25. The molecule has 0 saturated carbocycles. The van der Waals surface area contributed by atoms with Gasteiger partial charge in [0.2, 0.25) is 0 Å². The third-order valence-corrected chi connectivity index (χ3v) is 1.26. The molecule has 16 heavy (non-hydrogen) atoms. The van der Waals surface area contributed by atoms with Crippen molar-refractivity contribution in [3.05, 3.63) is 15.9 Å². The molecule has 2 heterocycles. The van der Waals surface area contributed by atoms with Crippen molar-refractivity contribution in [1.82, 2.24) is 40.6 Å². The summed E-state index contributed by atoms with van der Waals surface area (Å²) in [6, 6.07) is 0. The highest BCUT2D eigenvalue weighted by Crippen LogP contribution is 1.96. The number of nitrogens with zero attached hydrogens (tertiary/aromatic N) is 11. The quantitative estimate of drug-likeness (QED) is 0.349. The van der Waals surface area contributed by atoms with E-state index < -0.39 is 10.9 Å². The van der Waals surface area contributed by atoms with Gasteiger partial charge in [0.15, 0.2) is 5.82 Å². The zero-order valence-corrected chi connectivity index (χ0v) is 7.74. The topological polar surface area (TPSA) is 155 Å². The first-order chi connectivity index (χ1) is 7.65. The third kappa shape index (κ3) is 1.97. The fourth-order valence-electron chi connectivity index (χ4n) is 0.695. The SMILES string of the molecule is Cc1nnn(/N=N/n2nnc([N+](=O)[O-])n2)n1. The predicted molar refractivity (Wildman–Crippen MR) is 42.7 cm³/mol. The fraction of sp³-hybridized carbons (Fsp3) is 0.333. The number of hydrogen-bond acceptors (Lipinski definition) is 10. The second-order valence-corrected chi connectivity index (χ2v) is 2.40. The molecule has 82 valence electrons. The molecule has 0 saturated heterocycles. The van der Waals surface area contributed by atoms with Crippen LogP contribution in [0.15, 0.2) is 10.4 Å². The number of nitro groups is 1. The zero-order valence-electron chi connectivity index (χ0n) is 7.74. The van der Waals surface area contributed by atoms with Gasteiger partial charge in [-0.15, -0.1) is 10.2 Å². The van der Waals surface area contributed by atoms with E-state index in [2.05, 4.69) is 41.3 Å². The van der Waals surface area contributed by atoms with Gasteiger partial charge in [-0.25, -0.2) is 0 Å². The Morgan fingerprint density at radius 3 is 2.31 bits per heavy atom. The van der Waals surface area contributed by atoms with E-state index in [1.165, 1.54) is 0 Å². The minimum atomic E-state index is -0.809. The molecule has 13 heteroatoms. The molecule has 0 aliphatic carbocycles. The van der Waals surface area contributed by atoms with Crippen LogP contribution in [0.25, 0.3) is 0 Å². The first kappa shape index (κ1) is 9.69. The summed E-state index contributed by atoms with van der Waals surface area (Å²) in [6.45, 7) is 1.61. The summed E-state index contributed by atoms with van der Waals surface area (Å²) in [7, 11) is 0. The van der Waals surface area contributed by atoms with E-state index >= 15 is 0 Å². The number of rotatable bonds is 3. The summed E-state index contributed by atoms with van der Waals surface area (Å²) < 4.78 is 0. The van der Waals surface area contributed by atoms with Gasteiger partial charge in [0.25, 0.3) is 0 Å². The lowest BCUT2D eigenvalue weighted by molar-refractivity contribution is -0.394. The van der Waals surface area contributed by atoms with Crippen LogP contribution in [0.1, 0.15) is 5.82 Å². The van der Waals surface area contributed by atoms with Crippen LogP contribution in [0.3, 0.4) is 0 Å². The lowest BCUT2D eigenvalue weighted by Crippen LogP contribution is -1.98. The summed E-state index contributed by atoms with van der Waals surface area (Å²) in [5.41, 5.74) is 0. The Labute approximate surface area is 85.9 Å². The van der Waals surface area contributed by atoms with Crippen LogP contribution in [0.5, 0.6) is 0 Å². The Balaban J connectivity index is 2.14. The Hall–Kier alpha value is -2.86. The molecule has 0 atom stereocenters. The minimum Gasteiger partial charge on any atom is -0.390 e. The number of aryl methyl sites for hydroxylation is 1. The summed E-state index contributed by atoms with van der Waals surface area (Å²) in [4.78, 5) is 10.8. The second kappa shape index (κ2) is 3.71. The smallest absolute Gasteiger partial charge is 0.390 e. The van der Waals surface area contributed by atoms with Gasteiger partial charge in [-0.05, 0) is 27.2 Å². The molecule has 2 aromatic rings. The van der Waals surface area contributed by atoms with Crippen LogP contribution >= 0.6 is 0 Å². The van der Waals surface area contributed by atoms with E-state index in [-0.39, 0.29) is 0 Å². The van der Waals surface area contributed by atoms with Gasteiger partial charge >= 0.3 is 5.95 Å². The summed E-state index contributed by atoms with van der Waals surface area (Å²) >= 11 is 0. The molecule has 2 rings (SSSR count). The molecule has 0 N–H and O–H groups in total. The first-order valence-corrected chi connectivity index (χ1v) is 3.78. The summed E-state index contributed by atoms with van der Waals surface area (Å²) in [5.74, 6) is -0.279. The molecule has 0 amide bonds. The van der Waals surface area contributed by atoms with E-state index in [0.29, 0.717) is 10.7 Å². The van der Waals surface area contributed by atoms with E-state index in [0.717, 1.165) is 4.91 Å². The molecule has 0 aromatic carbocycles. The average molecular weight is 225 g/mol. The molecule has 0 aliphatic rings. The molecule has 0 fully saturated rings. The van der Waals surface area contributed by atoms with Gasteiger partial charge in [-0.1, -0.05) is 0 Å². The van der Waals surface area contributed by atoms with Gasteiger partial charge in [0, 0.05) is 5.22 Å². The molecular formula is C3H3N11O2. The molecule has 0 radical (unpaired) electrons. The molecule has 0 spiro atoms. The van der Waals surface area contributed by atoms with Crippen molar-refractivity contribution in [3.8, 4) is 0 Å². The monoisotopic (exact) mass is 225 g/mol. The Bertz CT molecular complexity index is 537. The largest absolute Gasteiger partial charge is 0.516 e. The maximum atomic E-state index is 10.2. The average Bonchev–Trinajstić information content (AvgIpc) is 2.83. The fourth-order valence-corrected chi connectivity index (χ4v) is 0.695. The van der Waals surface area contributed by atoms with Crippen LogP contribution in [0.4, 0.5) is 5.95 Å². The van der Waals surface area contributed by atoms with Crippen molar-refractivity contribution in [2.24, 2.45) is 10.4 Å². The standard InChI is InChI=1S/C3H3N11O2/c1-2-4-8-13(6-2)10-11-14-7-3(5-9-14)12(15)16/h1H3/b11-10+. The molecule has 13 nitrogen and oxygen atoms in total. The number of hydrogen-bond donors (Lipinski definition) is 0. The molecule has 0 aliphatic heterocycles. The Morgan fingerprint density at radius 1 is 1.19 bits per heavy atom. The number of tetrazole rings is 2. The highest BCUT2D eigenvalue weighted by atomic mass is 16.6. The Morgan fingerprint density at radius 2 is 1.81 bits per heavy atom. The van der Waals surface area contributed by atoms with Crippen molar-refractivity contribution >= 4 is 5.95 Å². The molecule has 0 unspecified atom stereocenters. The van der Waals surface area contributed by atoms with Crippen molar-refractivity contribution in [3.63, 3.8) is 0 Å². The molecule has 2 aromatic heterocycles. The molecule has 0 bridgehead atoms. The minimum absolute atomic E-state index is 0.400. The van der Waals surface area contributed by atoms with Crippen LogP contribution in [0.2, 0.25) is 0 Å². The van der Waals surface area contributed by atoms with Gasteiger partial charge in [-0.2, -0.15) is 0 Å². The first-order valence-electron chi connectivity index (χ1n) is 3.78. The van der Waals surface area contributed by atoms with Crippen molar-refractivity contribution in [2.75, 3.05) is 0 Å². The zero-order chi connectivity index (χ0) is 11.5. The van der Waals surface area contributed by atoms with Gasteiger partial charge in [0.1, 0.15) is 0 Å². The third-order valence-electron chi connectivity index (χ3n) is 1.26. The maximum Gasteiger partial charge on any atom is 0.516 e. The van der Waals surface area contributed by atoms with Gasteiger partial charge < -0.3 is 10.1 Å². The predicted octanol–water partition coefficient (Wildman–Crippen LogP) is -1.45. The lowest BCUT2D eigenvalue weighted by Gasteiger charge is -1.81. The summed E-state index contributed by atoms with van der Waals surface area (Å²) in [5, 5.41) is 37.2. The van der Waals surface area contributed by atoms with E-state index in [4.69, 9.17) is 0 Å². The van der Waals surface area contributed by atoms with E-state index in [9.17, 15) is 10.1 Å². The molecular weight excluding hydrogens is 222 g/mol. The van der Waals surface area contributed by atoms with Gasteiger partial charge in [0.05, 0.1) is 20.3 Å². The summed E-state index contributed by atoms with van der Waals surface area (Å²) in [6.07, 6.45) is 0. The van der Waals surface area contributed by atoms with E-state index in [1.807, 2.05) is 0 Å². The van der Waals surface area contributed by atoms with Crippen LogP contribution < -0.4 is 0 Å². The van der Waals surface area contributed by atoms with Crippen molar-refractivity contribution < 1.29 is 4.92 Å². The normalized spacial score (nSPS) is 11.1. The van der Waals surface area contributed by atoms with Crippen molar-refractivity contribution in [2.45, 2.75) is 6.92 Å². The lowest BCUT2D eigenvalue weighted by atomic mass is 10.8. The van der Waals surface area contributed by atoms with Gasteiger partial charge in [-0.3, -0.25) is 0 Å². The van der Waals surface area contributed by atoms with Crippen LogP contribution in [-0.2, 0) is 0 Å². The maximum absolute atomic E-state index is 10.2. The van der Waals surface area contributed by atoms with Crippen molar-refractivity contribution in [1.29, 1.82) is 0 Å².